The second-order valence-electron chi connectivity index (χ2n) is 5.22. The first-order valence-electron chi connectivity index (χ1n) is 7.44. The number of benzene rings is 1. The van der Waals surface area contributed by atoms with Crippen molar-refractivity contribution < 1.29 is 22.4 Å². The lowest BCUT2D eigenvalue weighted by Crippen LogP contribution is -2.17. The Morgan fingerprint density at radius 3 is 2.73 bits per heavy atom. The molecule has 0 aliphatic carbocycles. The number of carbonyl (C=O) groups is 1. The first-order chi connectivity index (χ1) is 12.4. The highest BCUT2D eigenvalue weighted by molar-refractivity contribution is 5.94. The van der Waals surface area contributed by atoms with Gasteiger partial charge in [0.1, 0.15) is 11.5 Å². The third-order valence-electron chi connectivity index (χ3n) is 3.38. The summed E-state index contributed by atoms with van der Waals surface area (Å²) in [5.41, 5.74) is 2.18. The normalized spacial score (nSPS) is 11.7. The molecule has 5 nitrogen and oxygen atoms in total. The van der Waals surface area contributed by atoms with Gasteiger partial charge in [0.05, 0.1) is 17.3 Å². The average molecular weight is 359 g/mol. The monoisotopic (exact) mass is 359 g/mol. The maximum absolute atomic E-state index is 12.8. The summed E-state index contributed by atoms with van der Waals surface area (Å²) in [6.45, 7) is 0. The van der Waals surface area contributed by atoms with Gasteiger partial charge in [0.25, 0.3) is 5.91 Å². The fourth-order valence-electron chi connectivity index (χ4n) is 2.14. The molecule has 26 heavy (non-hydrogen) atoms. The SMILES string of the molecule is O=C(N/N=C/c1ccc(-c2cccc(C(F)(F)F)c2)o1)c1cccnc1. The lowest BCUT2D eigenvalue weighted by atomic mass is 10.1. The van der Waals surface area contributed by atoms with E-state index in [0.29, 0.717) is 11.1 Å². The second-order valence-corrected chi connectivity index (χ2v) is 5.22. The van der Waals surface area contributed by atoms with Crippen LogP contribution < -0.4 is 5.43 Å². The number of nitrogens with one attached hydrogen (secondary N) is 1. The van der Waals surface area contributed by atoms with Crippen LogP contribution in [0.1, 0.15) is 21.7 Å². The number of carbonyl (C=O) groups excluding carboxylic acids is 1. The van der Waals surface area contributed by atoms with Crippen LogP contribution in [0, 0.1) is 0 Å². The van der Waals surface area contributed by atoms with Crippen molar-refractivity contribution in [3.05, 3.63) is 77.8 Å². The van der Waals surface area contributed by atoms with E-state index < -0.39 is 17.6 Å². The molecule has 2 aromatic heterocycles. The molecule has 0 bridgehead atoms. The molecule has 0 saturated carbocycles. The fraction of sp³-hybridized carbons (Fsp3) is 0.0556. The van der Waals surface area contributed by atoms with Crippen molar-refractivity contribution >= 4 is 12.1 Å². The summed E-state index contributed by atoms with van der Waals surface area (Å²) in [6.07, 6.45) is -0.240. The minimum atomic E-state index is -4.43. The Kier molecular flexibility index (Phi) is 4.83. The fourth-order valence-corrected chi connectivity index (χ4v) is 2.14. The lowest BCUT2D eigenvalue weighted by molar-refractivity contribution is -0.137. The predicted molar refractivity (Wildman–Crippen MR) is 88.4 cm³/mol. The summed E-state index contributed by atoms with van der Waals surface area (Å²) in [7, 11) is 0. The zero-order valence-corrected chi connectivity index (χ0v) is 13.2. The summed E-state index contributed by atoms with van der Waals surface area (Å²) < 4.78 is 43.8. The third-order valence-corrected chi connectivity index (χ3v) is 3.38. The smallest absolute Gasteiger partial charge is 0.416 e. The molecule has 0 unspecified atom stereocenters. The van der Waals surface area contributed by atoms with E-state index in [1.54, 1.807) is 12.1 Å². The first kappa shape index (κ1) is 17.4. The number of nitrogens with zero attached hydrogens (tertiary/aromatic N) is 2. The lowest BCUT2D eigenvalue weighted by Gasteiger charge is -2.07. The van der Waals surface area contributed by atoms with Crippen LogP contribution in [0.4, 0.5) is 13.2 Å². The van der Waals surface area contributed by atoms with E-state index >= 15 is 0 Å². The Morgan fingerprint density at radius 1 is 1.15 bits per heavy atom. The minimum Gasteiger partial charge on any atom is -0.455 e. The van der Waals surface area contributed by atoms with Gasteiger partial charge in [-0.3, -0.25) is 9.78 Å². The van der Waals surface area contributed by atoms with Crippen molar-refractivity contribution in [2.24, 2.45) is 5.10 Å². The van der Waals surface area contributed by atoms with E-state index in [9.17, 15) is 18.0 Å². The van der Waals surface area contributed by atoms with E-state index in [4.69, 9.17) is 4.42 Å². The minimum absolute atomic E-state index is 0.260. The third kappa shape index (κ3) is 4.15. The number of halogens is 3. The van der Waals surface area contributed by atoms with Crippen LogP contribution in [0.15, 0.2) is 70.4 Å². The van der Waals surface area contributed by atoms with Crippen LogP contribution >= 0.6 is 0 Å². The molecule has 2 heterocycles. The van der Waals surface area contributed by atoms with E-state index in [-0.39, 0.29) is 11.5 Å². The number of pyridine rings is 1. The van der Waals surface area contributed by atoms with Gasteiger partial charge in [-0.05, 0) is 36.4 Å². The summed E-state index contributed by atoms with van der Waals surface area (Å²) in [5.74, 6) is 0.0963. The van der Waals surface area contributed by atoms with Gasteiger partial charge < -0.3 is 4.42 Å². The summed E-state index contributed by atoms with van der Waals surface area (Å²) in [4.78, 5) is 15.6. The van der Waals surface area contributed by atoms with E-state index in [0.717, 1.165) is 12.1 Å². The summed E-state index contributed by atoms with van der Waals surface area (Å²) in [6, 6.07) is 11.1. The summed E-state index contributed by atoms with van der Waals surface area (Å²) >= 11 is 0. The van der Waals surface area contributed by atoms with E-state index in [1.807, 2.05) is 0 Å². The number of alkyl halides is 3. The molecular formula is C18H12F3N3O2. The number of aromatic nitrogens is 1. The van der Waals surface area contributed by atoms with E-state index in [1.165, 1.54) is 42.9 Å². The van der Waals surface area contributed by atoms with Crippen LogP contribution in [0.25, 0.3) is 11.3 Å². The molecule has 0 aliphatic rings. The highest BCUT2D eigenvalue weighted by Crippen LogP contribution is 2.32. The Labute approximate surface area is 146 Å². The molecule has 3 aromatic rings. The van der Waals surface area contributed by atoms with Gasteiger partial charge >= 0.3 is 6.18 Å². The highest BCUT2D eigenvalue weighted by atomic mass is 19.4. The molecule has 0 fully saturated rings. The molecule has 1 aromatic carbocycles. The number of hydrogen-bond acceptors (Lipinski definition) is 4. The quantitative estimate of drug-likeness (QED) is 0.563. The van der Waals surface area contributed by atoms with Crippen molar-refractivity contribution in [2.45, 2.75) is 6.18 Å². The van der Waals surface area contributed by atoms with Gasteiger partial charge in [-0.2, -0.15) is 18.3 Å². The number of hydrogen-bond donors (Lipinski definition) is 1. The number of furan rings is 1. The van der Waals surface area contributed by atoms with Crippen LogP contribution in [0.3, 0.4) is 0 Å². The zero-order chi connectivity index (χ0) is 18.6. The van der Waals surface area contributed by atoms with Gasteiger partial charge in [-0.25, -0.2) is 5.43 Å². The van der Waals surface area contributed by atoms with Crippen molar-refractivity contribution in [2.75, 3.05) is 0 Å². The molecular weight excluding hydrogens is 347 g/mol. The Hall–Kier alpha value is -3.42. The molecule has 1 N–H and O–H groups in total. The summed E-state index contributed by atoms with van der Waals surface area (Å²) in [5, 5.41) is 3.76. The molecule has 1 amide bonds. The van der Waals surface area contributed by atoms with Crippen molar-refractivity contribution in [3.8, 4) is 11.3 Å². The molecule has 0 atom stereocenters. The van der Waals surface area contributed by atoms with E-state index in [2.05, 4.69) is 15.5 Å². The van der Waals surface area contributed by atoms with Crippen LogP contribution in [-0.2, 0) is 6.18 Å². The Morgan fingerprint density at radius 2 is 2.00 bits per heavy atom. The van der Waals surface area contributed by atoms with Crippen molar-refractivity contribution in [1.29, 1.82) is 0 Å². The standard InChI is InChI=1S/C18H12F3N3O2/c19-18(20,21)14-5-1-3-12(9-14)16-7-6-15(26-16)11-23-24-17(25)13-4-2-8-22-10-13/h1-11H,(H,24,25)/b23-11+. The van der Waals surface area contributed by atoms with Crippen LogP contribution in [0.5, 0.6) is 0 Å². The predicted octanol–water partition coefficient (Wildman–Crippen LogP) is 4.12. The Bertz CT molecular complexity index is 934. The topological polar surface area (TPSA) is 67.5 Å². The molecule has 0 radical (unpaired) electrons. The molecule has 0 saturated heterocycles. The van der Waals surface area contributed by atoms with Gasteiger partial charge in [-0.1, -0.05) is 12.1 Å². The molecule has 8 heteroatoms. The van der Waals surface area contributed by atoms with Gasteiger partial charge in [0.2, 0.25) is 0 Å². The Balaban J connectivity index is 1.69. The number of amides is 1. The largest absolute Gasteiger partial charge is 0.455 e. The van der Waals surface area contributed by atoms with Gasteiger partial charge in [-0.15, -0.1) is 0 Å². The maximum Gasteiger partial charge on any atom is 0.416 e. The van der Waals surface area contributed by atoms with Crippen LogP contribution in [0.2, 0.25) is 0 Å². The molecule has 0 spiro atoms. The van der Waals surface area contributed by atoms with Crippen molar-refractivity contribution in [3.63, 3.8) is 0 Å². The van der Waals surface area contributed by atoms with Crippen molar-refractivity contribution in [1.82, 2.24) is 10.4 Å². The average Bonchev–Trinajstić information content (AvgIpc) is 3.11. The highest BCUT2D eigenvalue weighted by Gasteiger charge is 2.30. The first-order valence-corrected chi connectivity index (χ1v) is 7.44. The molecule has 0 aliphatic heterocycles. The molecule has 3 rings (SSSR count). The zero-order valence-electron chi connectivity index (χ0n) is 13.2. The van der Waals surface area contributed by atoms with Crippen LogP contribution in [-0.4, -0.2) is 17.1 Å². The van der Waals surface area contributed by atoms with Gasteiger partial charge in [0, 0.05) is 18.0 Å². The number of rotatable bonds is 4. The second kappa shape index (κ2) is 7.22. The van der Waals surface area contributed by atoms with Gasteiger partial charge in [0.15, 0.2) is 0 Å². The number of hydrazone groups is 1. The molecule has 132 valence electrons. The maximum atomic E-state index is 12.8.